The van der Waals surface area contributed by atoms with Crippen molar-refractivity contribution in [1.82, 2.24) is 4.90 Å². The smallest absolute Gasteiger partial charge is 0.166 e. The Morgan fingerprint density at radius 1 is 1.52 bits per heavy atom. The van der Waals surface area contributed by atoms with E-state index in [1.807, 2.05) is 12.1 Å². The number of aliphatic hydroxyl groups is 1. The molecule has 5 heteroatoms. The number of methoxy groups -OCH3 is 1. The van der Waals surface area contributed by atoms with E-state index in [4.69, 9.17) is 14.7 Å². The van der Waals surface area contributed by atoms with Gasteiger partial charge in [0.05, 0.1) is 31.2 Å². The van der Waals surface area contributed by atoms with Crippen molar-refractivity contribution in [3.63, 3.8) is 0 Å². The van der Waals surface area contributed by atoms with Gasteiger partial charge in [-0.3, -0.25) is 4.90 Å². The van der Waals surface area contributed by atoms with Crippen LogP contribution in [0.2, 0.25) is 0 Å². The van der Waals surface area contributed by atoms with Crippen LogP contribution in [0.25, 0.3) is 0 Å². The van der Waals surface area contributed by atoms with Crippen molar-refractivity contribution in [3.05, 3.63) is 35.4 Å². The largest absolute Gasteiger partial charge is 0.493 e. The van der Waals surface area contributed by atoms with Crippen LogP contribution in [0.1, 0.15) is 24.0 Å². The zero-order valence-corrected chi connectivity index (χ0v) is 13.2. The molecule has 5 nitrogen and oxygen atoms in total. The molecule has 0 unspecified atom stereocenters. The van der Waals surface area contributed by atoms with Crippen LogP contribution in [0.15, 0.2) is 24.3 Å². The third kappa shape index (κ3) is 2.06. The summed E-state index contributed by atoms with van der Waals surface area (Å²) in [5.41, 5.74) is 2.16. The van der Waals surface area contributed by atoms with Crippen molar-refractivity contribution in [3.8, 4) is 17.6 Å². The molecule has 1 spiro atoms. The highest BCUT2D eigenvalue weighted by Crippen LogP contribution is 2.55. The predicted molar refractivity (Wildman–Crippen MR) is 84.4 cm³/mol. The maximum atomic E-state index is 10.0. The van der Waals surface area contributed by atoms with Gasteiger partial charge in [-0.1, -0.05) is 18.2 Å². The monoisotopic (exact) mass is 312 g/mol. The molecule has 0 aromatic heterocycles. The molecule has 2 aliphatic heterocycles. The molecule has 0 bridgehead atoms. The number of hydrogen-bond donors (Lipinski definition) is 1. The molecular formula is C18H20N2O3. The van der Waals surface area contributed by atoms with Gasteiger partial charge in [-0.05, 0) is 18.1 Å². The number of benzene rings is 1. The second kappa shape index (κ2) is 5.26. The van der Waals surface area contributed by atoms with E-state index in [0.29, 0.717) is 13.0 Å². The van der Waals surface area contributed by atoms with E-state index in [2.05, 4.69) is 23.1 Å². The normalized spacial score (nSPS) is 31.5. The Morgan fingerprint density at radius 3 is 3.17 bits per heavy atom. The number of aliphatic hydroxyl groups excluding tert-OH is 1. The van der Waals surface area contributed by atoms with Gasteiger partial charge in [-0.2, -0.15) is 5.26 Å². The van der Waals surface area contributed by atoms with Crippen LogP contribution in [0.4, 0.5) is 0 Å². The SMILES string of the molecule is COc1ccc2c3c1O[C@H]1C[C@@H](O)C=C[C@@]31CCN(CC#N)C2. The molecule has 0 saturated heterocycles. The first-order chi connectivity index (χ1) is 11.2. The fourth-order valence-electron chi connectivity index (χ4n) is 4.23. The second-order valence-electron chi connectivity index (χ2n) is 6.56. The summed E-state index contributed by atoms with van der Waals surface area (Å²) < 4.78 is 11.7. The van der Waals surface area contributed by atoms with Crippen molar-refractivity contribution >= 4 is 0 Å². The Morgan fingerprint density at radius 2 is 2.39 bits per heavy atom. The van der Waals surface area contributed by atoms with Gasteiger partial charge >= 0.3 is 0 Å². The molecule has 3 aliphatic rings. The van der Waals surface area contributed by atoms with Crippen LogP contribution in [0.5, 0.6) is 11.5 Å². The Hall–Kier alpha value is -2.03. The second-order valence-corrected chi connectivity index (χ2v) is 6.56. The average Bonchev–Trinajstić information content (AvgIpc) is 2.79. The van der Waals surface area contributed by atoms with Gasteiger partial charge in [0.1, 0.15) is 6.10 Å². The maximum Gasteiger partial charge on any atom is 0.166 e. The lowest BCUT2D eigenvalue weighted by Gasteiger charge is -2.35. The average molecular weight is 312 g/mol. The van der Waals surface area contributed by atoms with Crippen LogP contribution in [-0.4, -0.2) is 42.4 Å². The fraction of sp³-hybridized carbons (Fsp3) is 0.500. The summed E-state index contributed by atoms with van der Waals surface area (Å²) in [5, 5.41) is 19.1. The molecular weight excluding hydrogens is 292 g/mol. The predicted octanol–water partition coefficient (Wildman–Crippen LogP) is 1.74. The third-order valence-electron chi connectivity index (χ3n) is 5.33. The standard InChI is InChI=1S/C18H20N2O3/c1-22-14-3-2-12-11-20(9-7-19)8-6-18-5-4-13(21)10-15(18)23-17(14)16(12)18/h2-5,13,15,21H,6,8-11H2,1H3/t13-,15-,18-/m0/s1. The highest BCUT2D eigenvalue weighted by molar-refractivity contribution is 5.61. The van der Waals surface area contributed by atoms with E-state index >= 15 is 0 Å². The van der Waals surface area contributed by atoms with Gasteiger partial charge in [-0.25, -0.2) is 0 Å². The minimum absolute atomic E-state index is 0.0745. The van der Waals surface area contributed by atoms with E-state index in [1.165, 1.54) is 11.1 Å². The lowest BCUT2D eigenvalue weighted by atomic mass is 9.69. The molecule has 1 aromatic carbocycles. The summed E-state index contributed by atoms with van der Waals surface area (Å²) in [6.45, 7) is 2.01. The first-order valence-electron chi connectivity index (χ1n) is 8.01. The van der Waals surface area contributed by atoms with E-state index in [9.17, 15) is 5.11 Å². The van der Waals surface area contributed by atoms with E-state index in [0.717, 1.165) is 31.0 Å². The van der Waals surface area contributed by atoms with Crippen LogP contribution >= 0.6 is 0 Å². The van der Waals surface area contributed by atoms with Crippen LogP contribution < -0.4 is 9.47 Å². The van der Waals surface area contributed by atoms with Crippen molar-refractivity contribution in [2.45, 2.75) is 37.0 Å². The fourth-order valence-corrected chi connectivity index (χ4v) is 4.23. The third-order valence-corrected chi connectivity index (χ3v) is 5.33. The number of ether oxygens (including phenoxy) is 2. The Bertz CT molecular complexity index is 709. The van der Waals surface area contributed by atoms with Gasteiger partial charge in [0.15, 0.2) is 11.5 Å². The van der Waals surface area contributed by atoms with Crippen LogP contribution in [-0.2, 0) is 12.0 Å². The van der Waals surface area contributed by atoms with E-state index in [-0.39, 0.29) is 11.5 Å². The molecule has 1 aliphatic carbocycles. The van der Waals surface area contributed by atoms with Gasteiger partial charge in [0.2, 0.25) is 0 Å². The Balaban J connectivity index is 1.89. The van der Waals surface area contributed by atoms with E-state index in [1.54, 1.807) is 7.11 Å². The molecule has 0 radical (unpaired) electrons. The summed E-state index contributed by atoms with van der Waals surface area (Å²) in [6, 6.07) is 6.28. The van der Waals surface area contributed by atoms with Crippen molar-refractivity contribution in [2.75, 3.05) is 20.2 Å². The number of hydrogen-bond acceptors (Lipinski definition) is 5. The molecule has 3 atom stereocenters. The molecule has 0 amide bonds. The molecule has 23 heavy (non-hydrogen) atoms. The first-order valence-corrected chi connectivity index (χ1v) is 8.01. The summed E-state index contributed by atoms with van der Waals surface area (Å²) >= 11 is 0. The maximum absolute atomic E-state index is 10.0. The quantitative estimate of drug-likeness (QED) is 0.666. The molecule has 0 fully saturated rings. The minimum atomic E-state index is -0.465. The highest BCUT2D eigenvalue weighted by Gasteiger charge is 2.52. The topological polar surface area (TPSA) is 65.7 Å². The molecule has 4 rings (SSSR count). The summed E-state index contributed by atoms with van der Waals surface area (Å²) in [6.07, 6.45) is 4.94. The van der Waals surface area contributed by atoms with Crippen molar-refractivity contribution < 1.29 is 14.6 Å². The molecule has 2 heterocycles. The lowest BCUT2D eigenvalue weighted by Crippen LogP contribution is -2.43. The number of nitrogens with zero attached hydrogens (tertiary/aromatic N) is 2. The molecule has 120 valence electrons. The van der Waals surface area contributed by atoms with Crippen molar-refractivity contribution in [2.24, 2.45) is 0 Å². The molecule has 1 N–H and O–H groups in total. The Kier molecular flexibility index (Phi) is 3.33. The van der Waals surface area contributed by atoms with Crippen LogP contribution in [0.3, 0.4) is 0 Å². The van der Waals surface area contributed by atoms with Gasteiger partial charge in [-0.15, -0.1) is 0 Å². The first kappa shape index (κ1) is 14.6. The van der Waals surface area contributed by atoms with Crippen LogP contribution in [0, 0.1) is 11.3 Å². The molecule has 0 saturated carbocycles. The van der Waals surface area contributed by atoms with Crippen molar-refractivity contribution in [1.29, 1.82) is 5.26 Å². The van der Waals surface area contributed by atoms with E-state index < -0.39 is 6.10 Å². The number of rotatable bonds is 2. The lowest BCUT2D eigenvalue weighted by molar-refractivity contribution is 0.0816. The van der Waals surface area contributed by atoms with Gasteiger partial charge < -0.3 is 14.6 Å². The molecule has 1 aromatic rings. The summed E-state index contributed by atoms with van der Waals surface area (Å²) in [4.78, 5) is 2.17. The zero-order chi connectivity index (χ0) is 16.0. The summed E-state index contributed by atoms with van der Waals surface area (Å²) in [5.74, 6) is 1.56. The minimum Gasteiger partial charge on any atom is -0.493 e. The summed E-state index contributed by atoms with van der Waals surface area (Å²) in [7, 11) is 1.65. The van der Waals surface area contributed by atoms with Gasteiger partial charge in [0.25, 0.3) is 0 Å². The van der Waals surface area contributed by atoms with Gasteiger partial charge in [0, 0.05) is 25.1 Å². The zero-order valence-electron chi connectivity index (χ0n) is 13.2. The highest BCUT2D eigenvalue weighted by atomic mass is 16.5. The number of nitriles is 1. The Labute approximate surface area is 135 Å².